The first-order chi connectivity index (χ1) is 11.6. The van der Waals surface area contributed by atoms with Gasteiger partial charge in [0.05, 0.1) is 6.04 Å². The van der Waals surface area contributed by atoms with Crippen LogP contribution in [0.5, 0.6) is 0 Å². The first-order valence-electron chi connectivity index (χ1n) is 8.16. The number of nitrogens with one attached hydrogen (secondary N) is 1. The summed E-state index contributed by atoms with van der Waals surface area (Å²) in [4.78, 5) is 12.4. The molecule has 120 valence electrons. The molecule has 2 heteroatoms. The van der Waals surface area contributed by atoms with Crippen molar-refractivity contribution < 1.29 is 4.79 Å². The molecule has 0 unspecified atom stereocenters. The van der Waals surface area contributed by atoms with Crippen molar-refractivity contribution in [2.45, 2.75) is 19.9 Å². The number of hydrogen-bond acceptors (Lipinski definition) is 1. The minimum absolute atomic E-state index is 0.0390. The Morgan fingerprint density at radius 3 is 2.17 bits per heavy atom. The molecule has 0 saturated carbocycles. The summed E-state index contributed by atoms with van der Waals surface area (Å²) in [5, 5.41) is 3.06. The van der Waals surface area contributed by atoms with Gasteiger partial charge in [0.25, 0.3) is 5.91 Å². The molecular formula is C22H21NO. The predicted molar refractivity (Wildman–Crippen MR) is 98.9 cm³/mol. The number of rotatable bonds is 4. The number of hydrogen-bond donors (Lipinski definition) is 1. The molecule has 0 fully saturated rings. The van der Waals surface area contributed by atoms with Crippen LogP contribution in [0.3, 0.4) is 0 Å². The molecule has 3 aromatic rings. The summed E-state index contributed by atoms with van der Waals surface area (Å²) in [6.45, 7) is 3.99. The van der Waals surface area contributed by atoms with Crippen molar-refractivity contribution in [2.75, 3.05) is 0 Å². The van der Waals surface area contributed by atoms with E-state index in [0.717, 1.165) is 11.1 Å². The lowest BCUT2D eigenvalue weighted by molar-refractivity contribution is 0.0940. The lowest BCUT2D eigenvalue weighted by Crippen LogP contribution is -2.26. The van der Waals surface area contributed by atoms with Crippen LogP contribution in [-0.4, -0.2) is 5.91 Å². The van der Waals surface area contributed by atoms with Crippen LogP contribution in [0.15, 0.2) is 78.9 Å². The Kier molecular flexibility index (Phi) is 4.76. The third-order valence-electron chi connectivity index (χ3n) is 4.15. The van der Waals surface area contributed by atoms with Gasteiger partial charge in [-0.1, -0.05) is 72.3 Å². The van der Waals surface area contributed by atoms with Crippen molar-refractivity contribution in [3.05, 3.63) is 95.6 Å². The smallest absolute Gasteiger partial charge is 0.251 e. The van der Waals surface area contributed by atoms with Gasteiger partial charge in [-0.15, -0.1) is 0 Å². The fourth-order valence-corrected chi connectivity index (χ4v) is 2.74. The molecular weight excluding hydrogens is 294 g/mol. The van der Waals surface area contributed by atoms with Crippen LogP contribution >= 0.6 is 0 Å². The molecule has 1 N–H and O–H groups in total. The second-order valence-corrected chi connectivity index (χ2v) is 6.05. The van der Waals surface area contributed by atoms with E-state index in [2.05, 4.69) is 41.7 Å². The zero-order valence-corrected chi connectivity index (χ0v) is 14.0. The summed E-state index contributed by atoms with van der Waals surface area (Å²) in [6, 6.07) is 26.2. The zero-order chi connectivity index (χ0) is 16.9. The molecule has 0 aliphatic carbocycles. The standard InChI is InChI=1S/C22H21NO/c1-16-7-6-10-21(15-16)22(24)23-17(2)18-11-13-20(14-12-18)19-8-4-3-5-9-19/h3-15,17H,1-2H3,(H,23,24)/t17-/m1/s1. The first kappa shape index (κ1) is 16.0. The highest BCUT2D eigenvalue weighted by atomic mass is 16.1. The molecule has 3 rings (SSSR count). The Bertz CT molecular complexity index is 822. The highest BCUT2D eigenvalue weighted by molar-refractivity contribution is 5.94. The average Bonchev–Trinajstić information content (AvgIpc) is 2.62. The largest absolute Gasteiger partial charge is 0.346 e. The molecule has 1 atom stereocenters. The second kappa shape index (κ2) is 7.14. The fourth-order valence-electron chi connectivity index (χ4n) is 2.74. The van der Waals surface area contributed by atoms with E-state index in [1.807, 2.05) is 56.3 Å². The van der Waals surface area contributed by atoms with Gasteiger partial charge in [0.1, 0.15) is 0 Å². The summed E-state index contributed by atoms with van der Waals surface area (Å²) >= 11 is 0. The lowest BCUT2D eigenvalue weighted by atomic mass is 10.0. The van der Waals surface area contributed by atoms with E-state index in [1.54, 1.807) is 0 Å². The number of carbonyl (C=O) groups excluding carboxylic acids is 1. The molecule has 0 radical (unpaired) electrons. The molecule has 0 spiro atoms. The molecule has 0 heterocycles. The molecule has 2 nitrogen and oxygen atoms in total. The molecule has 0 aliphatic heterocycles. The Morgan fingerprint density at radius 1 is 0.833 bits per heavy atom. The predicted octanol–water partition coefficient (Wildman–Crippen LogP) is 5.15. The molecule has 1 amide bonds. The second-order valence-electron chi connectivity index (χ2n) is 6.05. The van der Waals surface area contributed by atoms with E-state index in [1.165, 1.54) is 11.1 Å². The Morgan fingerprint density at radius 2 is 1.50 bits per heavy atom. The Labute approximate surface area is 143 Å². The van der Waals surface area contributed by atoms with Crippen LogP contribution in [0, 0.1) is 6.92 Å². The van der Waals surface area contributed by atoms with Gasteiger partial charge in [-0.25, -0.2) is 0 Å². The van der Waals surface area contributed by atoms with Gasteiger partial charge in [0.15, 0.2) is 0 Å². The average molecular weight is 315 g/mol. The number of benzene rings is 3. The maximum Gasteiger partial charge on any atom is 0.251 e. The van der Waals surface area contributed by atoms with Crippen LogP contribution in [0.2, 0.25) is 0 Å². The van der Waals surface area contributed by atoms with Crippen LogP contribution < -0.4 is 5.32 Å². The van der Waals surface area contributed by atoms with E-state index >= 15 is 0 Å². The first-order valence-corrected chi connectivity index (χ1v) is 8.16. The minimum atomic E-state index is -0.0432. The van der Waals surface area contributed by atoms with Crippen LogP contribution in [-0.2, 0) is 0 Å². The SMILES string of the molecule is Cc1cccc(C(=O)N[C@H](C)c2ccc(-c3ccccc3)cc2)c1. The minimum Gasteiger partial charge on any atom is -0.346 e. The topological polar surface area (TPSA) is 29.1 Å². The van der Waals surface area contributed by atoms with Gasteiger partial charge in [0.2, 0.25) is 0 Å². The van der Waals surface area contributed by atoms with Gasteiger partial charge >= 0.3 is 0 Å². The maximum atomic E-state index is 12.4. The highest BCUT2D eigenvalue weighted by Crippen LogP contribution is 2.22. The summed E-state index contributed by atoms with van der Waals surface area (Å²) < 4.78 is 0. The monoisotopic (exact) mass is 315 g/mol. The Balaban J connectivity index is 1.71. The summed E-state index contributed by atoms with van der Waals surface area (Å²) in [5.74, 6) is -0.0432. The third kappa shape index (κ3) is 3.72. The number of carbonyl (C=O) groups is 1. The quantitative estimate of drug-likeness (QED) is 0.708. The Hall–Kier alpha value is -2.87. The number of aryl methyl sites for hydroxylation is 1. The molecule has 0 saturated heterocycles. The third-order valence-corrected chi connectivity index (χ3v) is 4.15. The van der Waals surface area contributed by atoms with E-state index in [-0.39, 0.29) is 11.9 Å². The van der Waals surface area contributed by atoms with Crippen LogP contribution in [0.4, 0.5) is 0 Å². The van der Waals surface area contributed by atoms with Crippen molar-refractivity contribution in [1.29, 1.82) is 0 Å². The van der Waals surface area contributed by atoms with E-state index in [4.69, 9.17) is 0 Å². The summed E-state index contributed by atoms with van der Waals surface area (Å²) in [6.07, 6.45) is 0. The molecule has 0 aliphatic rings. The van der Waals surface area contributed by atoms with Crippen molar-refractivity contribution in [2.24, 2.45) is 0 Å². The molecule has 3 aromatic carbocycles. The van der Waals surface area contributed by atoms with Crippen LogP contribution in [0.25, 0.3) is 11.1 Å². The summed E-state index contributed by atoms with van der Waals surface area (Å²) in [7, 11) is 0. The van der Waals surface area contributed by atoms with Gasteiger partial charge in [0, 0.05) is 5.56 Å². The lowest BCUT2D eigenvalue weighted by Gasteiger charge is -2.15. The van der Waals surface area contributed by atoms with Gasteiger partial charge in [-0.3, -0.25) is 4.79 Å². The fraction of sp³-hybridized carbons (Fsp3) is 0.136. The van der Waals surface area contributed by atoms with E-state index in [9.17, 15) is 4.79 Å². The molecule has 0 bridgehead atoms. The van der Waals surface area contributed by atoms with E-state index < -0.39 is 0 Å². The summed E-state index contributed by atoms with van der Waals surface area (Å²) in [5.41, 5.74) is 5.25. The number of amides is 1. The van der Waals surface area contributed by atoms with Gasteiger partial charge in [-0.05, 0) is 42.7 Å². The van der Waals surface area contributed by atoms with Crippen LogP contribution in [0.1, 0.15) is 34.5 Å². The van der Waals surface area contributed by atoms with Gasteiger partial charge in [-0.2, -0.15) is 0 Å². The van der Waals surface area contributed by atoms with Gasteiger partial charge < -0.3 is 5.32 Å². The van der Waals surface area contributed by atoms with Crippen molar-refractivity contribution in [3.8, 4) is 11.1 Å². The van der Waals surface area contributed by atoms with E-state index in [0.29, 0.717) is 5.56 Å². The molecule has 24 heavy (non-hydrogen) atoms. The van der Waals surface area contributed by atoms with Crippen molar-refractivity contribution >= 4 is 5.91 Å². The van der Waals surface area contributed by atoms with Crippen molar-refractivity contribution in [3.63, 3.8) is 0 Å². The normalized spacial score (nSPS) is 11.8. The van der Waals surface area contributed by atoms with Crippen molar-refractivity contribution in [1.82, 2.24) is 5.32 Å². The maximum absolute atomic E-state index is 12.4. The highest BCUT2D eigenvalue weighted by Gasteiger charge is 2.11. The zero-order valence-electron chi connectivity index (χ0n) is 14.0. The molecule has 0 aromatic heterocycles.